The van der Waals surface area contributed by atoms with Crippen LogP contribution in [0, 0.1) is 6.92 Å². The van der Waals surface area contributed by atoms with E-state index in [0.717, 1.165) is 50.4 Å². The van der Waals surface area contributed by atoms with Crippen molar-refractivity contribution in [2.45, 2.75) is 6.92 Å². The van der Waals surface area contributed by atoms with Crippen LogP contribution < -0.4 is 0 Å². The molecule has 4 nitrogen and oxygen atoms in total. The van der Waals surface area contributed by atoms with E-state index in [1.54, 1.807) is 11.3 Å². The van der Waals surface area contributed by atoms with Crippen LogP contribution in [0.5, 0.6) is 0 Å². The Morgan fingerprint density at radius 2 is 2.03 bits per heavy atom. The zero-order valence-electron chi connectivity index (χ0n) is 16.5. The number of H-pyrrole nitrogens is 2. The van der Waals surface area contributed by atoms with Crippen molar-refractivity contribution in [2.75, 3.05) is 0 Å². The van der Waals surface area contributed by atoms with Crippen LogP contribution in [0.1, 0.15) is 16.1 Å². The number of aryl methyl sites for hydroxylation is 1. The average Bonchev–Trinajstić information content (AvgIpc) is 3.52. The summed E-state index contributed by atoms with van der Waals surface area (Å²) in [5, 5.41) is 10.9. The number of allylic oxidation sites excluding steroid dienone is 2. The lowest BCUT2D eigenvalue weighted by molar-refractivity contribution is 1.11. The van der Waals surface area contributed by atoms with E-state index < -0.39 is 0 Å². The summed E-state index contributed by atoms with van der Waals surface area (Å²) in [6.07, 6.45) is 5.71. The molecule has 5 heteroatoms. The second-order valence-electron chi connectivity index (χ2n) is 7.06. The van der Waals surface area contributed by atoms with Gasteiger partial charge in [-0.2, -0.15) is 5.10 Å². The molecule has 0 saturated heterocycles. The van der Waals surface area contributed by atoms with Gasteiger partial charge < -0.3 is 4.98 Å². The zero-order valence-corrected chi connectivity index (χ0v) is 17.3. The van der Waals surface area contributed by atoms with Crippen molar-refractivity contribution in [1.82, 2.24) is 20.2 Å². The number of nitrogens with zero attached hydrogens (tertiary/aromatic N) is 2. The number of aromatic amines is 2. The third kappa shape index (κ3) is 3.19. The van der Waals surface area contributed by atoms with Crippen LogP contribution in [-0.4, -0.2) is 20.2 Å². The normalized spacial score (nSPS) is 11.8. The Balaban J connectivity index is 1.62. The minimum Gasteiger partial charge on any atom is -0.357 e. The summed E-state index contributed by atoms with van der Waals surface area (Å²) in [6, 6.07) is 18.6. The maximum absolute atomic E-state index is 4.61. The third-order valence-electron chi connectivity index (χ3n) is 5.15. The topological polar surface area (TPSA) is 57.4 Å². The van der Waals surface area contributed by atoms with Gasteiger partial charge in [-0.25, -0.2) is 0 Å². The first-order valence-electron chi connectivity index (χ1n) is 9.71. The number of nitrogens with one attached hydrogen (secondary N) is 2. The number of hydrogen-bond donors (Lipinski definition) is 2. The predicted octanol–water partition coefficient (Wildman–Crippen LogP) is 6.61. The van der Waals surface area contributed by atoms with E-state index in [9.17, 15) is 0 Å². The Hall–Kier alpha value is -3.70. The van der Waals surface area contributed by atoms with Crippen molar-refractivity contribution in [1.29, 1.82) is 0 Å². The highest BCUT2D eigenvalue weighted by atomic mass is 32.1. The summed E-state index contributed by atoms with van der Waals surface area (Å²) < 4.78 is 0. The molecule has 0 aliphatic carbocycles. The van der Waals surface area contributed by atoms with Crippen LogP contribution in [0.15, 0.2) is 84.9 Å². The highest BCUT2D eigenvalue weighted by Crippen LogP contribution is 2.35. The molecule has 0 radical (unpaired) electrons. The molecule has 0 aliphatic rings. The molecule has 2 N–H and O–H groups in total. The van der Waals surface area contributed by atoms with E-state index in [-0.39, 0.29) is 0 Å². The minimum absolute atomic E-state index is 0.904. The third-order valence-corrected chi connectivity index (χ3v) is 6.06. The molecule has 0 unspecified atom stereocenters. The molecule has 0 bridgehead atoms. The van der Waals surface area contributed by atoms with Crippen molar-refractivity contribution in [3.63, 3.8) is 0 Å². The van der Waals surface area contributed by atoms with Gasteiger partial charge in [0.2, 0.25) is 0 Å². The van der Waals surface area contributed by atoms with Crippen molar-refractivity contribution in [2.24, 2.45) is 0 Å². The Labute approximate surface area is 178 Å². The van der Waals surface area contributed by atoms with Gasteiger partial charge >= 0.3 is 0 Å². The van der Waals surface area contributed by atoms with Crippen LogP contribution in [0.4, 0.5) is 0 Å². The molecule has 30 heavy (non-hydrogen) atoms. The van der Waals surface area contributed by atoms with Crippen molar-refractivity contribution >= 4 is 27.8 Å². The molecule has 4 heterocycles. The predicted molar refractivity (Wildman–Crippen MR) is 125 cm³/mol. The van der Waals surface area contributed by atoms with Crippen LogP contribution >= 0.6 is 11.3 Å². The summed E-state index contributed by atoms with van der Waals surface area (Å²) in [7, 11) is 0. The van der Waals surface area contributed by atoms with Crippen LogP contribution in [-0.2, 0) is 0 Å². The summed E-state index contributed by atoms with van der Waals surface area (Å²) >= 11 is 1.72. The minimum atomic E-state index is 0.904. The number of fused-ring (bicyclic) bond motifs is 1. The molecule has 146 valence electrons. The van der Waals surface area contributed by atoms with Gasteiger partial charge in [-0.1, -0.05) is 36.9 Å². The van der Waals surface area contributed by atoms with Gasteiger partial charge in [-0.15, -0.1) is 11.3 Å². The number of rotatable bonds is 5. The van der Waals surface area contributed by atoms with Crippen LogP contribution in [0.3, 0.4) is 0 Å². The van der Waals surface area contributed by atoms with Gasteiger partial charge in [0, 0.05) is 38.9 Å². The van der Waals surface area contributed by atoms with Crippen molar-refractivity contribution in [3.8, 4) is 22.6 Å². The maximum Gasteiger partial charge on any atom is 0.116 e. The summed E-state index contributed by atoms with van der Waals surface area (Å²) in [6.45, 7) is 5.99. The second kappa shape index (κ2) is 7.61. The Morgan fingerprint density at radius 3 is 2.80 bits per heavy atom. The Bertz CT molecular complexity index is 1360. The summed E-state index contributed by atoms with van der Waals surface area (Å²) in [5.74, 6) is 0. The van der Waals surface area contributed by atoms with Gasteiger partial charge in [0.05, 0.1) is 16.9 Å². The van der Waals surface area contributed by atoms with E-state index in [1.807, 2.05) is 30.5 Å². The van der Waals surface area contributed by atoms with Crippen LogP contribution in [0.25, 0.3) is 39.1 Å². The monoisotopic (exact) mass is 408 g/mol. The number of thiophene rings is 1. The van der Waals surface area contributed by atoms with Gasteiger partial charge in [0.25, 0.3) is 0 Å². The molecule has 5 aromatic rings. The van der Waals surface area contributed by atoms with Gasteiger partial charge in [-0.05, 0) is 48.7 Å². The SMILES string of the molecule is C=C/C=C(/c1cccs1)c1cc(-c2n[nH]c3ccc(-c4ccccn4)cc23)[nH]c1C. The number of pyridine rings is 1. The standard InChI is InChI=1S/C25H20N4S/c1-3-7-18(24-9-6-13-30-24)19-15-23(27-16(19)2)25-20-14-17(10-11-22(20)28-29-25)21-8-4-5-12-26-21/h3-15,27H,1H2,2H3,(H,28,29)/b18-7+. The fourth-order valence-electron chi connectivity index (χ4n) is 3.73. The van der Waals surface area contributed by atoms with E-state index in [4.69, 9.17) is 0 Å². The summed E-state index contributed by atoms with van der Waals surface area (Å²) in [4.78, 5) is 9.23. The first-order valence-corrected chi connectivity index (χ1v) is 10.6. The molecule has 4 aromatic heterocycles. The molecular formula is C25H20N4S. The molecule has 0 amide bonds. The van der Waals surface area contributed by atoms with Crippen molar-refractivity contribution < 1.29 is 0 Å². The number of hydrogen-bond acceptors (Lipinski definition) is 3. The molecular weight excluding hydrogens is 388 g/mol. The molecule has 0 spiro atoms. The Morgan fingerprint density at radius 1 is 1.10 bits per heavy atom. The van der Waals surface area contributed by atoms with Gasteiger partial charge in [-0.3, -0.25) is 10.1 Å². The highest BCUT2D eigenvalue weighted by Gasteiger charge is 2.16. The van der Waals surface area contributed by atoms with E-state index in [1.165, 1.54) is 4.88 Å². The number of benzene rings is 1. The van der Waals surface area contributed by atoms with Gasteiger partial charge in [0.1, 0.15) is 5.69 Å². The average molecular weight is 409 g/mol. The first-order chi connectivity index (χ1) is 14.7. The fourth-order valence-corrected chi connectivity index (χ4v) is 4.50. The molecule has 0 fully saturated rings. The van der Waals surface area contributed by atoms with Gasteiger partial charge in [0.15, 0.2) is 0 Å². The molecule has 0 saturated carbocycles. The Kier molecular flexibility index (Phi) is 4.65. The molecule has 1 aromatic carbocycles. The van der Waals surface area contributed by atoms with E-state index in [0.29, 0.717) is 0 Å². The maximum atomic E-state index is 4.61. The second-order valence-corrected chi connectivity index (χ2v) is 8.01. The lowest BCUT2D eigenvalue weighted by Crippen LogP contribution is -1.85. The largest absolute Gasteiger partial charge is 0.357 e. The van der Waals surface area contributed by atoms with Crippen LogP contribution in [0.2, 0.25) is 0 Å². The lowest BCUT2D eigenvalue weighted by Gasteiger charge is -2.03. The first kappa shape index (κ1) is 18.3. The smallest absolute Gasteiger partial charge is 0.116 e. The lowest BCUT2D eigenvalue weighted by atomic mass is 10.0. The van der Waals surface area contributed by atoms with E-state index >= 15 is 0 Å². The van der Waals surface area contributed by atoms with E-state index in [2.05, 4.69) is 81.5 Å². The molecule has 5 rings (SSSR count). The summed E-state index contributed by atoms with van der Waals surface area (Å²) in [5.41, 5.74) is 8.32. The molecule has 0 aliphatic heterocycles. The zero-order chi connectivity index (χ0) is 20.5. The molecule has 0 atom stereocenters. The van der Waals surface area contributed by atoms with Crippen molar-refractivity contribution in [3.05, 3.63) is 101 Å². The number of aromatic nitrogens is 4. The highest BCUT2D eigenvalue weighted by molar-refractivity contribution is 7.11. The fraction of sp³-hybridized carbons (Fsp3) is 0.0400. The quantitative estimate of drug-likeness (QED) is 0.322.